The molecular weight excluding hydrogens is 410 g/mol. The van der Waals surface area contributed by atoms with Crippen molar-refractivity contribution in [3.05, 3.63) is 96.3 Å². The smallest absolute Gasteiger partial charge is 0.208 e. The van der Waals surface area contributed by atoms with Crippen LogP contribution in [0.1, 0.15) is 18.2 Å². The highest BCUT2D eigenvalue weighted by atomic mass is 32.2. The molecular formula is C24H23N3O3S. The van der Waals surface area contributed by atoms with E-state index in [-0.39, 0.29) is 9.79 Å². The van der Waals surface area contributed by atoms with Crippen LogP contribution in [-0.4, -0.2) is 31.5 Å². The first-order valence-electron chi connectivity index (χ1n) is 9.98. The fourth-order valence-electron chi connectivity index (χ4n) is 3.37. The molecule has 0 saturated heterocycles. The molecule has 0 N–H and O–H groups in total. The van der Waals surface area contributed by atoms with Gasteiger partial charge in [0.25, 0.3) is 0 Å². The van der Waals surface area contributed by atoms with Crippen LogP contribution in [0, 0.1) is 6.92 Å². The zero-order valence-corrected chi connectivity index (χ0v) is 18.2. The summed E-state index contributed by atoms with van der Waals surface area (Å²) in [5.41, 5.74) is 2.53. The van der Waals surface area contributed by atoms with Crippen LogP contribution in [0.4, 0.5) is 5.82 Å². The fraction of sp³-hybridized carbons (Fsp3) is 0.167. The predicted molar refractivity (Wildman–Crippen MR) is 120 cm³/mol. The van der Waals surface area contributed by atoms with Gasteiger partial charge in [-0.25, -0.2) is 13.4 Å². The summed E-state index contributed by atoms with van der Waals surface area (Å²) in [5, 5.41) is 0. The first-order chi connectivity index (χ1) is 15.0. The molecule has 1 aromatic carbocycles. The number of hydrogen-bond acceptors (Lipinski definition) is 6. The van der Waals surface area contributed by atoms with Crippen molar-refractivity contribution in [1.82, 2.24) is 9.97 Å². The predicted octanol–water partition coefficient (Wildman–Crippen LogP) is 4.40. The van der Waals surface area contributed by atoms with Gasteiger partial charge in [0.05, 0.1) is 16.4 Å². The minimum atomic E-state index is -3.66. The monoisotopic (exact) mass is 433 g/mol. The SMILES string of the molecule is CCOC1=CN(c2cccc(C)n2)CC(c2cncc(S(=O)(=O)c3ccccc3)c2)=C1. The molecule has 0 amide bonds. The van der Waals surface area contributed by atoms with E-state index in [1.165, 1.54) is 6.20 Å². The van der Waals surface area contributed by atoms with Crippen LogP contribution >= 0.6 is 0 Å². The minimum absolute atomic E-state index is 0.157. The lowest BCUT2D eigenvalue weighted by atomic mass is 10.0. The fourth-order valence-corrected chi connectivity index (χ4v) is 4.64. The normalized spacial score (nSPS) is 14.1. The van der Waals surface area contributed by atoms with Crippen LogP contribution in [0.25, 0.3) is 5.57 Å². The van der Waals surface area contributed by atoms with Crippen molar-refractivity contribution in [3.63, 3.8) is 0 Å². The van der Waals surface area contributed by atoms with Gasteiger partial charge in [0.1, 0.15) is 11.6 Å². The van der Waals surface area contributed by atoms with Gasteiger partial charge in [0.15, 0.2) is 0 Å². The topological polar surface area (TPSA) is 72.4 Å². The van der Waals surface area contributed by atoms with Crippen LogP contribution in [0.5, 0.6) is 0 Å². The summed E-state index contributed by atoms with van der Waals surface area (Å²) < 4.78 is 31.8. The number of anilines is 1. The molecule has 0 spiro atoms. The molecule has 6 nitrogen and oxygen atoms in total. The number of pyridine rings is 2. The van der Waals surface area contributed by atoms with Gasteiger partial charge in [-0.05, 0) is 61.4 Å². The Balaban J connectivity index is 1.72. The molecule has 1 aliphatic heterocycles. The molecule has 0 aliphatic carbocycles. The zero-order valence-electron chi connectivity index (χ0n) is 17.4. The van der Waals surface area contributed by atoms with Gasteiger partial charge in [-0.15, -0.1) is 0 Å². The van der Waals surface area contributed by atoms with Crippen LogP contribution in [0.2, 0.25) is 0 Å². The van der Waals surface area contributed by atoms with E-state index in [0.29, 0.717) is 18.9 Å². The Morgan fingerprint density at radius 3 is 2.58 bits per heavy atom. The summed E-state index contributed by atoms with van der Waals surface area (Å²) >= 11 is 0. The Hall–Kier alpha value is -3.45. The maximum absolute atomic E-state index is 13.0. The summed E-state index contributed by atoms with van der Waals surface area (Å²) in [6.45, 7) is 4.90. The molecule has 0 radical (unpaired) electrons. The van der Waals surface area contributed by atoms with Crippen LogP contribution in [0.3, 0.4) is 0 Å². The lowest BCUT2D eigenvalue weighted by Crippen LogP contribution is -2.24. The van der Waals surface area contributed by atoms with E-state index in [1.54, 1.807) is 42.6 Å². The second-order valence-electron chi connectivity index (χ2n) is 7.12. The highest BCUT2D eigenvalue weighted by Gasteiger charge is 2.21. The van der Waals surface area contributed by atoms with Gasteiger partial charge in [-0.1, -0.05) is 24.3 Å². The number of sulfone groups is 1. The number of rotatable bonds is 6. The summed E-state index contributed by atoms with van der Waals surface area (Å²) in [6.07, 6.45) is 6.89. The molecule has 3 aromatic rings. The van der Waals surface area contributed by atoms with Gasteiger partial charge in [0.2, 0.25) is 9.84 Å². The van der Waals surface area contributed by atoms with Gasteiger partial charge in [-0.3, -0.25) is 4.98 Å². The second kappa shape index (κ2) is 8.73. The van der Waals surface area contributed by atoms with Crippen molar-refractivity contribution in [2.24, 2.45) is 0 Å². The number of ether oxygens (including phenoxy) is 1. The largest absolute Gasteiger partial charge is 0.492 e. The molecule has 7 heteroatoms. The quantitative estimate of drug-likeness (QED) is 0.574. The molecule has 2 aromatic heterocycles. The van der Waals surface area contributed by atoms with Crippen molar-refractivity contribution in [2.45, 2.75) is 23.6 Å². The van der Waals surface area contributed by atoms with E-state index in [9.17, 15) is 8.42 Å². The van der Waals surface area contributed by atoms with E-state index in [4.69, 9.17) is 4.74 Å². The van der Waals surface area contributed by atoms with Gasteiger partial charge in [-0.2, -0.15) is 0 Å². The van der Waals surface area contributed by atoms with E-state index in [1.807, 2.05) is 49.2 Å². The van der Waals surface area contributed by atoms with E-state index >= 15 is 0 Å². The first kappa shape index (κ1) is 20.8. The maximum atomic E-state index is 13.0. The molecule has 0 fully saturated rings. The molecule has 0 unspecified atom stereocenters. The van der Waals surface area contributed by atoms with Crippen molar-refractivity contribution in [2.75, 3.05) is 18.1 Å². The highest BCUT2D eigenvalue weighted by molar-refractivity contribution is 7.91. The molecule has 0 saturated carbocycles. The van der Waals surface area contributed by atoms with Crippen molar-refractivity contribution in [3.8, 4) is 0 Å². The first-order valence-corrected chi connectivity index (χ1v) is 11.5. The number of aryl methyl sites for hydroxylation is 1. The third kappa shape index (κ3) is 4.51. The maximum Gasteiger partial charge on any atom is 0.208 e. The minimum Gasteiger partial charge on any atom is -0.492 e. The molecule has 31 heavy (non-hydrogen) atoms. The molecule has 3 heterocycles. The van der Waals surface area contributed by atoms with Gasteiger partial charge >= 0.3 is 0 Å². The Labute approximate surface area is 182 Å². The molecule has 4 rings (SSSR count). The summed E-state index contributed by atoms with van der Waals surface area (Å²) in [5.74, 6) is 1.48. The lowest BCUT2D eigenvalue weighted by molar-refractivity contribution is 0.241. The summed E-state index contributed by atoms with van der Waals surface area (Å²) in [7, 11) is -3.66. The highest BCUT2D eigenvalue weighted by Crippen LogP contribution is 2.29. The van der Waals surface area contributed by atoms with E-state index < -0.39 is 9.84 Å². The van der Waals surface area contributed by atoms with Crippen molar-refractivity contribution in [1.29, 1.82) is 0 Å². The van der Waals surface area contributed by atoms with E-state index in [0.717, 1.165) is 22.6 Å². The number of hydrogen-bond donors (Lipinski definition) is 0. The molecule has 0 atom stereocenters. The zero-order chi connectivity index (χ0) is 21.8. The third-order valence-corrected chi connectivity index (χ3v) is 6.60. The lowest BCUT2D eigenvalue weighted by Gasteiger charge is -2.26. The Morgan fingerprint density at radius 1 is 1.03 bits per heavy atom. The molecule has 0 bridgehead atoms. The van der Waals surface area contributed by atoms with Gasteiger partial charge in [0, 0.05) is 30.8 Å². The molecule has 158 valence electrons. The number of allylic oxidation sites excluding steroid dienone is 1. The van der Waals surface area contributed by atoms with Crippen molar-refractivity contribution >= 4 is 21.2 Å². The number of aromatic nitrogens is 2. The standard InChI is InChI=1S/C24H23N3O3S/c1-3-30-21-12-20(16-27(17-21)24-11-7-8-18(2)26-24)19-13-23(15-25-14-19)31(28,29)22-9-5-4-6-10-22/h4-15,17H,3,16H2,1-2H3. The van der Waals surface area contributed by atoms with Crippen molar-refractivity contribution < 1.29 is 13.2 Å². The van der Waals surface area contributed by atoms with E-state index in [2.05, 4.69) is 9.97 Å². The Morgan fingerprint density at radius 2 is 1.84 bits per heavy atom. The Kier molecular flexibility index (Phi) is 5.86. The van der Waals surface area contributed by atoms with Crippen LogP contribution < -0.4 is 4.90 Å². The van der Waals surface area contributed by atoms with Crippen LogP contribution in [-0.2, 0) is 14.6 Å². The average molecular weight is 434 g/mol. The summed E-state index contributed by atoms with van der Waals surface area (Å²) in [4.78, 5) is 11.2. The third-order valence-electron chi connectivity index (χ3n) is 4.87. The number of benzene rings is 1. The van der Waals surface area contributed by atoms with Gasteiger partial charge < -0.3 is 9.64 Å². The molecule has 1 aliphatic rings. The average Bonchev–Trinajstić information content (AvgIpc) is 2.80. The number of nitrogens with zero attached hydrogens (tertiary/aromatic N) is 3. The summed E-state index contributed by atoms with van der Waals surface area (Å²) in [6, 6.07) is 15.9. The Bertz CT molecular complexity index is 1250. The second-order valence-corrected chi connectivity index (χ2v) is 9.07. The van der Waals surface area contributed by atoms with Crippen LogP contribution in [0.15, 0.2) is 94.8 Å².